The van der Waals surface area contributed by atoms with Gasteiger partial charge in [-0.25, -0.2) is 4.79 Å². The fraction of sp³-hybridized carbons (Fsp3) is 0.917. The van der Waals surface area contributed by atoms with Gasteiger partial charge in [0, 0.05) is 19.1 Å². The highest BCUT2D eigenvalue weighted by atomic mass is 16.6. The number of rotatable bonds is 2. The molecule has 5 nitrogen and oxygen atoms in total. The molecule has 0 radical (unpaired) electrons. The van der Waals surface area contributed by atoms with E-state index in [-0.39, 0.29) is 24.7 Å². The summed E-state index contributed by atoms with van der Waals surface area (Å²) in [6.45, 7) is 6.82. The average molecular weight is 244 g/mol. The molecular weight excluding hydrogens is 220 g/mol. The first-order valence-corrected chi connectivity index (χ1v) is 6.18. The molecule has 0 aliphatic carbocycles. The molecule has 17 heavy (non-hydrogen) atoms. The Morgan fingerprint density at radius 1 is 1.59 bits per heavy atom. The maximum absolute atomic E-state index is 11.9. The maximum Gasteiger partial charge on any atom is 0.410 e. The van der Waals surface area contributed by atoms with Gasteiger partial charge >= 0.3 is 6.09 Å². The number of aliphatic hydroxyl groups is 1. The Kier molecular flexibility index (Phi) is 4.77. The van der Waals surface area contributed by atoms with Gasteiger partial charge in [-0.3, -0.25) is 0 Å². The number of ether oxygens (including phenoxy) is 1. The molecule has 0 unspecified atom stereocenters. The molecule has 1 aliphatic rings. The van der Waals surface area contributed by atoms with Crippen molar-refractivity contribution in [3.8, 4) is 0 Å². The predicted molar refractivity (Wildman–Crippen MR) is 65.6 cm³/mol. The molecule has 1 aliphatic heterocycles. The van der Waals surface area contributed by atoms with E-state index < -0.39 is 5.60 Å². The number of likely N-dealkylation sites (tertiary alicyclic amines) is 1. The van der Waals surface area contributed by atoms with Crippen LogP contribution in [0.15, 0.2) is 0 Å². The van der Waals surface area contributed by atoms with Crippen LogP contribution in [0.3, 0.4) is 0 Å². The fourth-order valence-corrected chi connectivity index (χ4v) is 2.00. The fourth-order valence-electron chi connectivity index (χ4n) is 2.00. The first-order valence-electron chi connectivity index (χ1n) is 6.18. The highest BCUT2D eigenvalue weighted by Crippen LogP contribution is 2.20. The van der Waals surface area contributed by atoms with Crippen molar-refractivity contribution in [1.29, 1.82) is 0 Å². The van der Waals surface area contributed by atoms with Crippen LogP contribution in [0.4, 0.5) is 4.79 Å². The number of nitrogens with zero attached hydrogens (tertiary/aromatic N) is 1. The molecule has 0 aromatic rings. The first kappa shape index (κ1) is 14.3. The molecular formula is C12H24N2O3. The zero-order valence-corrected chi connectivity index (χ0v) is 11.0. The van der Waals surface area contributed by atoms with Crippen molar-refractivity contribution in [2.75, 3.05) is 19.7 Å². The summed E-state index contributed by atoms with van der Waals surface area (Å²) in [5, 5.41) is 9.04. The van der Waals surface area contributed by atoms with Gasteiger partial charge in [-0.2, -0.15) is 0 Å². The minimum Gasteiger partial charge on any atom is -0.444 e. The van der Waals surface area contributed by atoms with Gasteiger partial charge in [-0.15, -0.1) is 0 Å². The summed E-state index contributed by atoms with van der Waals surface area (Å²) in [6.07, 6.45) is 1.59. The van der Waals surface area contributed by atoms with Gasteiger partial charge in [-0.1, -0.05) is 0 Å². The van der Waals surface area contributed by atoms with Gasteiger partial charge in [0.25, 0.3) is 0 Å². The van der Waals surface area contributed by atoms with Crippen LogP contribution in [0.25, 0.3) is 0 Å². The Bertz CT molecular complexity index is 263. The molecule has 0 aromatic carbocycles. The van der Waals surface area contributed by atoms with Crippen LogP contribution in [0.1, 0.15) is 33.6 Å². The third-order valence-electron chi connectivity index (χ3n) is 2.93. The molecule has 3 N–H and O–H groups in total. The van der Waals surface area contributed by atoms with Gasteiger partial charge in [0.15, 0.2) is 0 Å². The number of carbonyl (C=O) groups is 1. The lowest BCUT2D eigenvalue weighted by molar-refractivity contribution is 0.0139. The summed E-state index contributed by atoms with van der Waals surface area (Å²) < 4.78 is 5.32. The number of aliphatic hydroxyl groups excluding tert-OH is 1. The summed E-state index contributed by atoms with van der Waals surface area (Å²) in [4.78, 5) is 13.6. The second-order valence-corrected chi connectivity index (χ2v) is 5.68. The van der Waals surface area contributed by atoms with Crippen molar-refractivity contribution in [3.63, 3.8) is 0 Å². The van der Waals surface area contributed by atoms with Gasteiger partial charge < -0.3 is 20.5 Å². The summed E-state index contributed by atoms with van der Waals surface area (Å²) in [5.41, 5.74) is 5.34. The average Bonchev–Trinajstić information content (AvgIpc) is 2.26. The third-order valence-corrected chi connectivity index (χ3v) is 2.93. The highest BCUT2D eigenvalue weighted by molar-refractivity contribution is 5.68. The Morgan fingerprint density at radius 3 is 2.76 bits per heavy atom. The van der Waals surface area contributed by atoms with Gasteiger partial charge in [0.05, 0.1) is 6.61 Å². The number of nitrogens with two attached hydrogens (primary N) is 1. The number of carbonyl (C=O) groups excluding carboxylic acids is 1. The van der Waals surface area contributed by atoms with Crippen LogP contribution in [0, 0.1) is 5.92 Å². The van der Waals surface area contributed by atoms with Crippen LogP contribution in [-0.2, 0) is 4.74 Å². The molecule has 1 amide bonds. The van der Waals surface area contributed by atoms with Crippen molar-refractivity contribution >= 4 is 6.09 Å². The number of amides is 1. The van der Waals surface area contributed by atoms with E-state index in [1.807, 2.05) is 20.8 Å². The Morgan fingerprint density at radius 2 is 2.24 bits per heavy atom. The Hall–Kier alpha value is -0.810. The Balaban J connectivity index is 2.52. The minimum atomic E-state index is -0.469. The monoisotopic (exact) mass is 244 g/mol. The van der Waals surface area contributed by atoms with Crippen LogP contribution in [0.5, 0.6) is 0 Å². The van der Waals surface area contributed by atoms with Crippen LogP contribution in [0.2, 0.25) is 0 Å². The third kappa shape index (κ3) is 4.52. The number of hydrogen-bond acceptors (Lipinski definition) is 4. The number of piperidine rings is 1. The molecule has 2 atom stereocenters. The minimum absolute atomic E-state index is 0.0349. The van der Waals surface area contributed by atoms with Crippen LogP contribution in [-0.4, -0.2) is 47.4 Å². The summed E-state index contributed by atoms with van der Waals surface area (Å²) in [5.74, 6) is 0.168. The molecule has 0 spiro atoms. The van der Waals surface area contributed by atoms with Crippen molar-refractivity contribution in [2.24, 2.45) is 11.7 Å². The lowest BCUT2D eigenvalue weighted by Crippen LogP contribution is -2.48. The molecule has 0 saturated carbocycles. The summed E-state index contributed by atoms with van der Waals surface area (Å²) in [6, 6.07) is -0.250. The molecule has 1 heterocycles. The zero-order valence-electron chi connectivity index (χ0n) is 11.0. The normalized spacial score (nSPS) is 23.4. The van der Waals surface area contributed by atoms with Gasteiger partial charge in [0.1, 0.15) is 5.60 Å². The highest BCUT2D eigenvalue weighted by Gasteiger charge is 2.29. The molecule has 1 saturated heterocycles. The van der Waals surface area contributed by atoms with E-state index in [4.69, 9.17) is 15.6 Å². The van der Waals surface area contributed by atoms with Crippen LogP contribution >= 0.6 is 0 Å². The molecule has 5 heteroatoms. The molecule has 100 valence electrons. The van der Waals surface area contributed by atoms with Crippen molar-refractivity contribution in [1.82, 2.24) is 4.90 Å². The SMILES string of the molecule is CC(C)(C)OC(=O)N1CCC[C@H]([C@@H](N)CO)C1. The van der Waals surface area contributed by atoms with Crippen molar-refractivity contribution in [2.45, 2.75) is 45.3 Å². The first-order chi connectivity index (χ1) is 7.83. The summed E-state index contributed by atoms with van der Waals surface area (Å²) >= 11 is 0. The van der Waals surface area contributed by atoms with Crippen LogP contribution < -0.4 is 5.73 Å². The smallest absolute Gasteiger partial charge is 0.410 e. The van der Waals surface area contributed by atoms with E-state index in [1.54, 1.807) is 4.90 Å². The maximum atomic E-state index is 11.9. The lowest BCUT2D eigenvalue weighted by Gasteiger charge is -2.36. The lowest BCUT2D eigenvalue weighted by atomic mass is 9.92. The van der Waals surface area contributed by atoms with Gasteiger partial charge in [-0.05, 0) is 39.5 Å². The second kappa shape index (κ2) is 5.69. The topological polar surface area (TPSA) is 75.8 Å². The van der Waals surface area contributed by atoms with Crippen molar-refractivity contribution < 1.29 is 14.6 Å². The van der Waals surface area contributed by atoms with Crippen molar-refractivity contribution in [3.05, 3.63) is 0 Å². The molecule has 1 rings (SSSR count). The van der Waals surface area contributed by atoms with E-state index in [1.165, 1.54) is 0 Å². The van der Waals surface area contributed by atoms with E-state index >= 15 is 0 Å². The zero-order chi connectivity index (χ0) is 13.1. The molecule has 0 bridgehead atoms. The summed E-state index contributed by atoms with van der Waals surface area (Å²) in [7, 11) is 0. The predicted octanol–water partition coefficient (Wildman–Crippen LogP) is 0.953. The molecule has 1 fully saturated rings. The van der Waals surface area contributed by atoms with Gasteiger partial charge in [0.2, 0.25) is 0 Å². The van der Waals surface area contributed by atoms with E-state index in [0.29, 0.717) is 13.1 Å². The van der Waals surface area contributed by atoms with E-state index in [9.17, 15) is 4.79 Å². The largest absolute Gasteiger partial charge is 0.444 e. The second-order valence-electron chi connectivity index (χ2n) is 5.68. The van der Waals surface area contributed by atoms with E-state index in [2.05, 4.69) is 0 Å². The standard InChI is InChI=1S/C12H24N2O3/c1-12(2,3)17-11(16)14-6-4-5-9(7-14)10(13)8-15/h9-10,15H,4-8,13H2,1-3H3/t9-,10-/m0/s1. The number of hydrogen-bond donors (Lipinski definition) is 2. The Labute approximate surface area is 103 Å². The quantitative estimate of drug-likeness (QED) is 0.758. The molecule has 0 aromatic heterocycles. The van der Waals surface area contributed by atoms with E-state index in [0.717, 1.165) is 12.8 Å².